The standard InChI is InChI=1S/C23H24N2O3/c1-3-17(18-9-5-4-6-10-18)15-25-22(26)16(2)28-23(27)20-13-7-11-19-12-8-14-24-21(19)20/h4-14,16-17H,3,15H2,1-2H3,(H,25,26)/t16-,17+/m0/s1. The Kier molecular flexibility index (Phi) is 6.37. The van der Waals surface area contributed by atoms with Crippen molar-refractivity contribution in [3.8, 4) is 0 Å². The Morgan fingerprint density at radius 3 is 2.54 bits per heavy atom. The van der Waals surface area contributed by atoms with Gasteiger partial charge in [0.25, 0.3) is 5.91 Å². The maximum atomic E-state index is 12.5. The fourth-order valence-corrected chi connectivity index (χ4v) is 3.14. The van der Waals surface area contributed by atoms with E-state index < -0.39 is 12.1 Å². The van der Waals surface area contributed by atoms with E-state index >= 15 is 0 Å². The maximum absolute atomic E-state index is 12.5. The molecule has 0 fully saturated rings. The second-order valence-corrected chi connectivity index (χ2v) is 6.69. The molecular weight excluding hydrogens is 352 g/mol. The van der Waals surface area contributed by atoms with E-state index in [1.54, 1.807) is 25.3 Å². The number of hydrogen-bond donors (Lipinski definition) is 1. The molecular formula is C23H24N2O3. The van der Waals surface area contributed by atoms with Crippen LogP contribution in [0.3, 0.4) is 0 Å². The van der Waals surface area contributed by atoms with Gasteiger partial charge in [0.15, 0.2) is 6.10 Å². The minimum Gasteiger partial charge on any atom is -0.449 e. The molecule has 2 aromatic carbocycles. The van der Waals surface area contributed by atoms with Crippen LogP contribution in [0.5, 0.6) is 0 Å². The quantitative estimate of drug-likeness (QED) is 0.631. The van der Waals surface area contributed by atoms with Crippen LogP contribution in [0, 0.1) is 0 Å². The first-order chi connectivity index (χ1) is 13.6. The zero-order valence-electron chi connectivity index (χ0n) is 16.1. The van der Waals surface area contributed by atoms with Gasteiger partial charge < -0.3 is 10.1 Å². The number of amides is 1. The van der Waals surface area contributed by atoms with Crippen molar-refractivity contribution in [1.82, 2.24) is 10.3 Å². The molecule has 1 aromatic heterocycles. The Balaban J connectivity index is 1.61. The lowest BCUT2D eigenvalue weighted by Crippen LogP contribution is -2.38. The summed E-state index contributed by atoms with van der Waals surface area (Å²) < 4.78 is 5.39. The third-order valence-corrected chi connectivity index (χ3v) is 4.79. The van der Waals surface area contributed by atoms with Gasteiger partial charge in [0.2, 0.25) is 0 Å². The lowest BCUT2D eigenvalue weighted by molar-refractivity contribution is -0.129. The van der Waals surface area contributed by atoms with Crippen molar-refractivity contribution in [3.05, 3.63) is 78.0 Å². The third kappa shape index (κ3) is 4.55. The predicted octanol–water partition coefficient (Wildman–Crippen LogP) is 4.09. The number of esters is 1. The summed E-state index contributed by atoms with van der Waals surface area (Å²) in [5.41, 5.74) is 2.10. The molecule has 0 aliphatic heterocycles. The Bertz CT molecular complexity index is 951. The highest BCUT2D eigenvalue weighted by Crippen LogP contribution is 2.19. The highest BCUT2D eigenvalue weighted by Gasteiger charge is 2.21. The average molecular weight is 376 g/mol. The normalized spacial score (nSPS) is 12.9. The number of aromatic nitrogens is 1. The van der Waals surface area contributed by atoms with Crippen molar-refractivity contribution in [2.24, 2.45) is 0 Å². The van der Waals surface area contributed by atoms with E-state index in [9.17, 15) is 9.59 Å². The summed E-state index contributed by atoms with van der Waals surface area (Å²) in [6.07, 6.45) is 1.64. The van der Waals surface area contributed by atoms with Gasteiger partial charge in [0, 0.05) is 24.0 Å². The number of hydrogen-bond acceptors (Lipinski definition) is 4. The zero-order chi connectivity index (χ0) is 19.9. The van der Waals surface area contributed by atoms with Gasteiger partial charge >= 0.3 is 5.97 Å². The van der Waals surface area contributed by atoms with Gasteiger partial charge in [-0.2, -0.15) is 0 Å². The number of nitrogens with one attached hydrogen (secondary N) is 1. The van der Waals surface area contributed by atoms with E-state index in [2.05, 4.69) is 29.4 Å². The monoisotopic (exact) mass is 376 g/mol. The number of nitrogens with zero attached hydrogens (tertiary/aromatic N) is 1. The van der Waals surface area contributed by atoms with Crippen LogP contribution < -0.4 is 5.32 Å². The van der Waals surface area contributed by atoms with E-state index in [-0.39, 0.29) is 11.8 Å². The zero-order valence-corrected chi connectivity index (χ0v) is 16.1. The fourth-order valence-electron chi connectivity index (χ4n) is 3.14. The summed E-state index contributed by atoms with van der Waals surface area (Å²) in [5.74, 6) is -0.645. The average Bonchev–Trinajstić information content (AvgIpc) is 2.74. The van der Waals surface area contributed by atoms with E-state index in [4.69, 9.17) is 4.74 Å². The van der Waals surface area contributed by atoms with E-state index in [1.165, 1.54) is 5.56 Å². The maximum Gasteiger partial charge on any atom is 0.341 e. The minimum absolute atomic E-state index is 0.218. The highest BCUT2D eigenvalue weighted by molar-refractivity contribution is 6.03. The number of carbonyl (C=O) groups is 2. The Morgan fingerprint density at radius 2 is 1.79 bits per heavy atom. The molecule has 1 N–H and O–H groups in total. The molecule has 2 atom stereocenters. The number of fused-ring (bicyclic) bond motifs is 1. The molecule has 1 amide bonds. The van der Waals surface area contributed by atoms with Crippen molar-refractivity contribution in [1.29, 1.82) is 0 Å². The molecule has 5 heteroatoms. The van der Waals surface area contributed by atoms with Gasteiger partial charge in [-0.3, -0.25) is 9.78 Å². The van der Waals surface area contributed by atoms with Gasteiger partial charge in [-0.1, -0.05) is 55.5 Å². The summed E-state index contributed by atoms with van der Waals surface area (Å²) in [6.45, 7) is 4.16. The lowest BCUT2D eigenvalue weighted by Gasteiger charge is -2.18. The Morgan fingerprint density at radius 1 is 1.04 bits per heavy atom. The van der Waals surface area contributed by atoms with Crippen LogP contribution in [0.1, 0.15) is 42.1 Å². The lowest BCUT2D eigenvalue weighted by atomic mass is 9.96. The van der Waals surface area contributed by atoms with Gasteiger partial charge in [-0.05, 0) is 31.0 Å². The van der Waals surface area contributed by atoms with Crippen molar-refractivity contribution >= 4 is 22.8 Å². The van der Waals surface area contributed by atoms with Crippen LogP contribution in [-0.4, -0.2) is 29.5 Å². The summed E-state index contributed by atoms with van der Waals surface area (Å²) in [5, 5.41) is 3.74. The highest BCUT2D eigenvalue weighted by atomic mass is 16.5. The van der Waals surface area contributed by atoms with Crippen LogP contribution >= 0.6 is 0 Å². The van der Waals surface area contributed by atoms with Crippen molar-refractivity contribution < 1.29 is 14.3 Å². The second kappa shape index (κ2) is 9.13. The van der Waals surface area contributed by atoms with Crippen LogP contribution in [0.25, 0.3) is 10.9 Å². The van der Waals surface area contributed by atoms with Crippen molar-refractivity contribution in [2.75, 3.05) is 6.54 Å². The SMILES string of the molecule is CC[C@H](CNC(=O)[C@H](C)OC(=O)c1cccc2cccnc12)c1ccccc1. The number of rotatable bonds is 7. The third-order valence-electron chi connectivity index (χ3n) is 4.79. The first-order valence-corrected chi connectivity index (χ1v) is 9.47. The van der Waals surface area contributed by atoms with Crippen molar-refractivity contribution in [3.63, 3.8) is 0 Å². The first-order valence-electron chi connectivity index (χ1n) is 9.47. The number of benzene rings is 2. The molecule has 0 aliphatic carbocycles. The summed E-state index contributed by atoms with van der Waals surface area (Å²) >= 11 is 0. The minimum atomic E-state index is -0.889. The molecule has 28 heavy (non-hydrogen) atoms. The van der Waals surface area contributed by atoms with Gasteiger partial charge in [-0.15, -0.1) is 0 Å². The summed E-state index contributed by atoms with van der Waals surface area (Å²) in [4.78, 5) is 29.2. The number of pyridine rings is 1. The smallest absolute Gasteiger partial charge is 0.341 e. The van der Waals surface area contributed by atoms with Crippen LogP contribution in [0.15, 0.2) is 66.9 Å². The van der Waals surface area contributed by atoms with E-state index in [0.717, 1.165) is 11.8 Å². The molecule has 0 spiro atoms. The topological polar surface area (TPSA) is 68.3 Å². The van der Waals surface area contributed by atoms with Crippen LogP contribution in [0.2, 0.25) is 0 Å². The van der Waals surface area contributed by atoms with Crippen LogP contribution in [-0.2, 0) is 9.53 Å². The molecule has 1 heterocycles. The summed E-state index contributed by atoms with van der Waals surface area (Å²) in [7, 11) is 0. The molecule has 144 valence electrons. The molecule has 0 bridgehead atoms. The number of ether oxygens (including phenoxy) is 1. The molecule has 0 aliphatic rings. The largest absolute Gasteiger partial charge is 0.449 e. The molecule has 0 radical (unpaired) electrons. The number of carbonyl (C=O) groups excluding carboxylic acids is 2. The molecule has 0 unspecified atom stereocenters. The molecule has 5 nitrogen and oxygen atoms in total. The van der Waals surface area contributed by atoms with Gasteiger partial charge in [-0.25, -0.2) is 4.79 Å². The molecule has 0 saturated heterocycles. The second-order valence-electron chi connectivity index (χ2n) is 6.69. The number of para-hydroxylation sites is 1. The van der Waals surface area contributed by atoms with Crippen molar-refractivity contribution in [2.45, 2.75) is 32.3 Å². The predicted molar refractivity (Wildman–Crippen MR) is 109 cm³/mol. The van der Waals surface area contributed by atoms with Crippen LogP contribution in [0.4, 0.5) is 0 Å². The Hall–Kier alpha value is -3.21. The molecule has 3 aromatic rings. The van der Waals surface area contributed by atoms with Gasteiger partial charge in [0.05, 0.1) is 11.1 Å². The van der Waals surface area contributed by atoms with E-state index in [1.807, 2.05) is 36.4 Å². The fraction of sp³-hybridized carbons (Fsp3) is 0.261. The molecule has 3 rings (SSSR count). The Labute approximate surface area is 164 Å². The summed E-state index contributed by atoms with van der Waals surface area (Å²) in [6, 6.07) is 19.1. The van der Waals surface area contributed by atoms with E-state index in [0.29, 0.717) is 17.6 Å². The first kappa shape index (κ1) is 19.5. The molecule has 0 saturated carbocycles. The van der Waals surface area contributed by atoms with Gasteiger partial charge in [0.1, 0.15) is 0 Å².